The summed E-state index contributed by atoms with van der Waals surface area (Å²) in [6.45, 7) is 3.25. The van der Waals surface area contributed by atoms with Gasteiger partial charge in [0.15, 0.2) is 13.1 Å². The van der Waals surface area contributed by atoms with Crippen molar-refractivity contribution in [1.29, 1.82) is 0 Å². The molecule has 3 N–H and O–H groups in total. The van der Waals surface area contributed by atoms with Gasteiger partial charge < -0.3 is 15.5 Å². The van der Waals surface area contributed by atoms with E-state index < -0.39 is 0 Å². The largest absolute Gasteiger partial charge is 0.351 e. The first-order chi connectivity index (χ1) is 10.0. The molecule has 1 atom stereocenters. The average Bonchev–Trinajstić information content (AvgIpc) is 2.41. The zero-order valence-corrected chi connectivity index (χ0v) is 13.3. The quantitative estimate of drug-likeness (QED) is 0.619. The highest BCUT2D eigenvalue weighted by Gasteiger charge is 2.14. The van der Waals surface area contributed by atoms with E-state index in [9.17, 15) is 9.59 Å². The van der Waals surface area contributed by atoms with Gasteiger partial charge in [-0.3, -0.25) is 9.59 Å². The summed E-state index contributed by atoms with van der Waals surface area (Å²) in [4.78, 5) is 24.4. The molecule has 0 spiro atoms. The first-order valence-corrected chi connectivity index (χ1v) is 7.53. The second kappa shape index (κ2) is 9.37. The lowest BCUT2D eigenvalue weighted by Gasteiger charge is -2.14. The van der Waals surface area contributed by atoms with Crippen LogP contribution in [0, 0.1) is 0 Å². The standard InChI is InChI=1S/C15H22ClN3O2/c1-3-4-9-17-14(20)10-19(2)11-15(21)18-13-8-6-5-7-12(13)16/h5-8H,3-4,9-11H2,1-2H3,(H,17,20)(H,18,21)/p+1. The fourth-order valence-corrected chi connectivity index (χ4v) is 2.02. The Morgan fingerprint density at radius 1 is 1.19 bits per heavy atom. The van der Waals surface area contributed by atoms with Crippen LogP contribution >= 0.6 is 11.6 Å². The summed E-state index contributed by atoms with van der Waals surface area (Å²) in [5.41, 5.74) is 0.587. The number of halogens is 1. The molecule has 0 saturated heterocycles. The summed E-state index contributed by atoms with van der Waals surface area (Å²) >= 11 is 5.97. The van der Waals surface area contributed by atoms with Crippen LogP contribution < -0.4 is 15.5 Å². The van der Waals surface area contributed by atoms with Crippen LogP contribution in [0.25, 0.3) is 0 Å². The smallest absolute Gasteiger partial charge is 0.279 e. The van der Waals surface area contributed by atoms with Gasteiger partial charge in [0.05, 0.1) is 17.8 Å². The topological polar surface area (TPSA) is 62.6 Å². The number of anilines is 1. The Labute approximate surface area is 130 Å². The Kier molecular flexibility index (Phi) is 7.79. The molecule has 5 nitrogen and oxygen atoms in total. The van der Waals surface area contributed by atoms with Crippen molar-refractivity contribution in [1.82, 2.24) is 5.32 Å². The van der Waals surface area contributed by atoms with Crippen LogP contribution in [-0.4, -0.2) is 38.5 Å². The third kappa shape index (κ3) is 7.11. The van der Waals surface area contributed by atoms with E-state index in [0.717, 1.165) is 17.7 Å². The van der Waals surface area contributed by atoms with E-state index in [1.165, 1.54) is 0 Å². The number of amides is 2. The number of para-hydroxylation sites is 1. The van der Waals surface area contributed by atoms with Crippen molar-refractivity contribution in [2.75, 3.05) is 32.0 Å². The minimum Gasteiger partial charge on any atom is -0.351 e. The van der Waals surface area contributed by atoms with Crippen LogP contribution in [0.3, 0.4) is 0 Å². The van der Waals surface area contributed by atoms with Gasteiger partial charge in [-0.05, 0) is 18.6 Å². The summed E-state index contributed by atoms with van der Waals surface area (Å²) in [6, 6.07) is 7.07. The number of hydrogen-bond acceptors (Lipinski definition) is 2. The molecule has 1 aromatic carbocycles. The normalized spacial score (nSPS) is 11.8. The Balaban J connectivity index is 2.34. The van der Waals surface area contributed by atoms with Gasteiger partial charge in [0, 0.05) is 6.54 Å². The van der Waals surface area contributed by atoms with E-state index >= 15 is 0 Å². The SMILES string of the molecule is CCCCNC(=O)C[NH+](C)CC(=O)Nc1ccccc1Cl. The van der Waals surface area contributed by atoms with E-state index in [1.807, 2.05) is 7.05 Å². The molecule has 0 aromatic heterocycles. The van der Waals surface area contributed by atoms with E-state index in [2.05, 4.69) is 17.6 Å². The molecule has 0 saturated carbocycles. The molecule has 21 heavy (non-hydrogen) atoms. The molecule has 6 heteroatoms. The Morgan fingerprint density at radius 2 is 1.86 bits per heavy atom. The van der Waals surface area contributed by atoms with Gasteiger partial charge in [0.25, 0.3) is 11.8 Å². The molecule has 0 radical (unpaired) electrons. The Bertz CT molecular complexity index is 480. The molecule has 0 fully saturated rings. The van der Waals surface area contributed by atoms with E-state index in [-0.39, 0.29) is 24.9 Å². The molecule has 1 unspecified atom stereocenters. The summed E-state index contributed by atoms with van der Waals surface area (Å²) in [5, 5.41) is 6.08. The summed E-state index contributed by atoms with van der Waals surface area (Å²) in [5.74, 6) is -0.201. The second-order valence-corrected chi connectivity index (χ2v) is 5.45. The molecular formula is C15H23ClN3O2+. The number of hydrogen-bond donors (Lipinski definition) is 3. The van der Waals surface area contributed by atoms with Crippen LogP contribution in [-0.2, 0) is 9.59 Å². The fraction of sp³-hybridized carbons (Fsp3) is 0.467. The first-order valence-electron chi connectivity index (χ1n) is 7.15. The molecule has 0 aliphatic heterocycles. The first kappa shape index (κ1) is 17.5. The monoisotopic (exact) mass is 312 g/mol. The zero-order valence-electron chi connectivity index (χ0n) is 12.5. The van der Waals surface area contributed by atoms with Gasteiger partial charge in [-0.15, -0.1) is 0 Å². The summed E-state index contributed by atoms with van der Waals surface area (Å²) in [7, 11) is 1.81. The predicted molar refractivity (Wildman–Crippen MR) is 84.6 cm³/mol. The van der Waals surface area contributed by atoms with Crippen molar-refractivity contribution in [3.63, 3.8) is 0 Å². The number of quaternary nitrogens is 1. The number of rotatable bonds is 8. The zero-order chi connectivity index (χ0) is 15.7. The van der Waals surface area contributed by atoms with Crippen LogP contribution in [0.15, 0.2) is 24.3 Å². The number of likely N-dealkylation sites (N-methyl/N-ethyl adjacent to an activating group) is 1. The molecule has 1 aromatic rings. The lowest BCUT2D eigenvalue weighted by Crippen LogP contribution is -3.11. The van der Waals surface area contributed by atoms with Crippen LogP contribution in [0.1, 0.15) is 19.8 Å². The lowest BCUT2D eigenvalue weighted by molar-refractivity contribution is -0.862. The van der Waals surface area contributed by atoms with Gasteiger partial charge in [-0.2, -0.15) is 0 Å². The summed E-state index contributed by atoms with van der Waals surface area (Å²) < 4.78 is 0. The highest BCUT2D eigenvalue weighted by molar-refractivity contribution is 6.33. The van der Waals surface area contributed by atoms with E-state index in [0.29, 0.717) is 17.3 Å². The van der Waals surface area contributed by atoms with Crippen molar-refractivity contribution in [2.45, 2.75) is 19.8 Å². The minimum atomic E-state index is -0.165. The third-order valence-electron chi connectivity index (χ3n) is 2.93. The number of benzene rings is 1. The molecule has 0 aliphatic rings. The molecule has 116 valence electrons. The van der Waals surface area contributed by atoms with E-state index in [1.54, 1.807) is 24.3 Å². The van der Waals surface area contributed by atoms with Crippen LogP contribution in [0.5, 0.6) is 0 Å². The average molecular weight is 313 g/mol. The molecule has 0 bridgehead atoms. The predicted octanol–water partition coefficient (Wildman–Crippen LogP) is 0.710. The fourth-order valence-electron chi connectivity index (χ4n) is 1.83. The molecule has 1 rings (SSSR count). The van der Waals surface area contributed by atoms with Crippen molar-refractivity contribution in [2.24, 2.45) is 0 Å². The van der Waals surface area contributed by atoms with E-state index in [4.69, 9.17) is 11.6 Å². The van der Waals surface area contributed by atoms with Gasteiger partial charge in [0.1, 0.15) is 0 Å². The maximum atomic E-state index is 11.9. The van der Waals surface area contributed by atoms with Gasteiger partial charge in [-0.1, -0.05) is 37.1 Å². The number of carbonyl (C=O) groups excluding carboxylic acids is 2. The lowest BCUT2D eigenvalue weighted by atomic mass is 10.3. The molecule has 2 amide bonds. The van der Waals surface area contributed by atoms with Gasteiger partial charge in [-0.25, -0.2) is 0 Å². The van der Waals surface area contributed by atoms with Gasteiger partial charge in [0.2, 0.25) is 0 Å². The number of nitrogens with one attached hydrogen (secondary N) is 3. The third-order valence-corrected chi connectivity index (χ3v) is 3.25. The highest BCUT2D eigenvalue weighted by Crippen LogP contribution is 2.19. The number of carbonyl (C=O) groups is 2. The maximum Gasteiger partial charge on any atom is 0.279 e. The molecular weight excluding hydrogens is 290 g/mol. The van der Waals surface area contributed by atoms with Crippen LogP contribution in [0.2, 0.25) is 5.02 Å². The van der Waals surface area contributed by atoms with Gasteiger partial charge >= 0.3 is 0 Å². The van der Waals surface area contributed by atoms with Crippen molar-refractivity contribution in [3.8, 4) is 0 Å². The minimum absolute atomic E-state index is 0.0357. The second-order valence-electron chi connectivity index (χ2n) is 5.04. The van der Waals surface area contributed by atoms with Crippen molar-refractivity contribution in [3.05, 3.63) is 29.3 Å². The Morgan fingerprint density at radius 3 is 2.52 bits per heavy atom. The maximum absolute atomic E-state index is 11.9. The number of unbranched alkanes of at least 4 members (excludes halogenated alkanes) is 1. The highest BCUT2D eigenvalue weighted by atomic mass is 35.5. The van der Waals surface area contributed by atoms with Crippen molar-refractivity contribution < 1.29 is 14.5 Å². The molecule has 0 aliphatic carbocycles. The Hall–Kier alpha value is -1.59. The van der Waals surface area contributed by atoms with Crippen LogP contribution in [0.4, 0.5) is 5.69 Å². The van der Waals surface area contributed by atoms with Crippen molar-refractivity contribution >= 4 is 29.1 Å². The summed E-state index contributed by atoms with van der Waals surface area (Å²) in [6.07, 6.45) is 2.01. The molecule has 0 heterocycles.